The van der Waals surface area contributed by atoms with Crippen molar-refractivity contribution < 1.29 is 8.42 Å². The van der Waals surface area contributed by atoms with E-state index in [-0.39, 0.29) is 5.03 Å². The molecule has 0 saturated carbocycles. The first-order chi connectivity index (χ1) is 9.63. The molecule has 8 heteroatoms. The van der Waals surface area contributed by atoms with Gasteiger partial charge in [-0.15, -0.1) is 0 Å². The molecule has 0 bridgehead atoms. The van der Waals surface area contributed by atoms with E-state index in [1.807, 2.05) is 6.92 Å². The second-order valence-corrected chi connectivity index (χ2v) is 6.54. The molecule has 0 spiro atoms. The van der Waals surface area contributed by atoms with Gasteiger partial charge in [0.25, 0.3) is 10.0 Å². The van der Waals surface area contributed by atoms with Crippen LogP contribution in [0.15, 0.2) is 17.3 Å². The largest absolute Gasteiger partial charge is 0.314 e. The Morgan fingerprint density at radius 1 is 1.40 bits per heavy atom. The lowest BCUT2D eigenvalue weighted by Crippen LogP contribution is -2.44. The zero-order chi connectivity index (χ0) is 14.4. The van der Waals surface area contributed by atoms with E-state index in [1.54, 1.807) is 0 Å². The number of hydrogen-bond acceptors (Lipinski definition) is 5. The molecule has 1 aliphatic rings. The molecule has 1 aromatic rings. The third-order valence-electron chi connectivity index (χ3n) is 3.41. The predicted octanol–water partition coefficient (Wildman–Crippen LogP) is -0.523. The molecule has 1 aromatic heterocycles. The van der Waals surface area contributed by atoms with Crippen LogP contribution in [0.2, 0.25) is 0 Å². The second-order valence-electron chi connectivity index (χ2n) is 4.83. The summed E-state index contributed by atoms with van der Waals surface area (Å²) in [4.78, 5) is 2.35. The molecule has 0 radical (unpaired) electrons. The smallest absolute Gasteiger partial charge is 0.257 e. The Morgan fingerprint density at radius 3 is 2.85 bits per heavy atom. The number of hydrogen-bond donors (Lipinski definition) is 2. The SMILES string of the molecule is CCn1nccc1S(=O)(=O)NCCCN1CCNCC1. The summed E-state index contributed by atoms with van der Waals surface area (Å²) >= 11 is 0. The van der Waals surface area contributed by atoms with Crippen molar-refractivity contribution in [2.45, 2.75) is 24.9 Å². The normalized spacial score (nSPS) is 17.4. The molecule has 1 aliphatic heterocycles. The van der Waals surface area contributed by atoms with Crippen molar-refractivity contribution in [3.05, 3.63) is 12.3 Å². The van der Waals surface area contributed by atoms with Gasteiger partial charge in [-0.2, -0.15) is 5.10 Å². The van der Waals surface area contributed by atoms with Gasteiger partial charge < -0.3 is 10.2 Å². The fourth-order valence-corrected chi connectivity index (χ4v) is 3.56. The quantitative estimate of drug-likeness (QED) is 0.662. The molecule has 114 valence electrons. The standard InChI is InChI=1S/C12H23N5O2S/c1-2-17-12(4-6-14-17)20(18,19)15-5-3-9-16-10-7-13-8-11-16/h4,6,13,15H,2-3,5,7-11H2,1H3. The van der Waals surface area contributed by atoms with Crippen LogP contribution >= 0.6 is 0 Å². The lowest BCUT2D eigenvalue weighted by Gasteiger charge is -2.27. The van der Waals surface area contributed by atoms with Crippen molar-refractivity contribution in [2.75, 3.05) is 39.3 Å². The number of aromatic nitrogens is 2. The van der Waals surface area contributed by atoms with Gasteiger partial charge in [-0.25, -0.2) is 13.1 Å². The molecule has 20 heavy (non-hydrogen) atoms. The highest BCUT2D eigenvalue weighted by Crippen LogP contribution is 2.07. The summed E-state index contributed by atoms with van der Waals surface area (Å²) in [6, 6.07) is 1.53. The molecule has 2 N–H and O–H groups in total. The zero-order valence-corrected chi connectivity index (χ0v) is 12.7. The third-order valence-corrected chi connectivity index (χ3v) is 4.89. The van der Waals surface area contributed by atoms with E-state index in [2.05, 4.69) is 20.0 Å². The lowest BCUT2D eigenvalue weighted by atomic mass is 10.3. The summed E-state index contributed by atoms with van der Waals surface area (Å²) in [5.74, 6) is 0. The third kappa shape index (κ3) is 4.02. The summed E-state index contributed by atoms with van der Waals surface area (Å²) in [6.45, 7) is 7.91. The van der Waals surface area contributed by atoms with Crippen LogP contribution in [0, 0.1) is 0 Å². The van der Waals surface area contributed by atoms with Gasteiger partial charge in [0.05, 0.1) is 6.20 Å². The van der Waals surface area contributed by atoms with Crippen molar-refractivity contribution in [2.24, 2.45) is 0 Å². The maximum absolute atomic E-state index is 12.1. The van der Waals surface area contributed by atoms with Crippen LogP contribution < -0.4 is 10.0 Å². The minimum absolute atomic E-state index is 0.238. The first-order valence-corrected chi connectivity index (χ1v) is 8.56. The predicted molar refractivity (Wildman–Crippen MR) is 77.0 cm³/mol. The zero-order valence-electron chi connectivity index (χ0n) is 11.9. The number of aryl methyl sites for hydroxylation is 1. The Morgan fingerprint density at radius 2 is 2.15 bits per heavy atom. The van der Waals surface area contributed by atoms with Gasteiger partial charge in [0.15, 0.2) is 5.03 Å². The summed E-state index contributed by atoms with van der Waals surface area (Å²) in [7, 11) is -3.44. The number of nitrogens with one attached hydrogen (secondary N) is 2. The molecule has 0 aromatic carbocycles. The van der Waals surface area contributed by atoms with E-state index in [0.717, 1.165) is 39.1 Å². The van der Waals surface area contributed by atoms with Gasteiger partial charge in [-0.3, -0.25) is 4.68 Å². The molecule has 0 aliphatic carbocycles. The summed E-state index contributed by atoms with van der Waals surface area (Å²) in [5.41, 5.74) is 0. The monoisotopic (exact) mass is 301 g/mol. The lowest BCUT2D eigenvalue weighted by molar-refractivity contribution is 0.239. The van der Waals surface area contributed by atoms with Gasteiger partial charge in [0, 0.05) is 39.3 Å². The average molecular weight is 301 g/mol. The van der Waals surface area contributed by atoms with Crippen molar-refractivity contribution >= 4 is 10.0 Å². The Bertz CT molecular complexity index is 508. The van der Waals surface area contributed by atoms with Gasteiger partial charge >= 0.3 is 0 Å². The minimum atomic E-state index is -3.44. The highest BCUT2D eigenvalue weighted by Gasteiger charge is 2.18. The van der Waals surface area contributed by atoms with Crippen LogP contribution in [0.25, 0.3) is 0 Å². The summed E-state index contributed by atoms with van der Waals surface area (Å²) in [5, 5.41) is 7.52. The van der Waals surface area contributed by atoms with Crippen molar-refractivity contribution in [1.82, 2.24) is 24.7 Å². The number of piperazine rings is 1. The minimum Gasteiger partial charge on any atom is -0.314 e. The molecule has 0 atom stereocenters. The number of sulfonamides is 1. The first-order valence-electron chi connectivity index (χ1n) is 7.08. The fourth-order valence-electron chi connectivity index (χ4n) is 2.30. The second kappa shape index (κ2) is 7.16. The average Bonchev–Trinajstić information content (AvgIpc) is 2.94. The van der Waals surface area contributed by atoms with Gasteiger partial charge in [0.1, 0.15) is 0 Å². The van der Waals surface area contributed by atoms with E-state index >= 15 is 0 Å². The molecule has 7 nitrogen and oxygen atoms in total. The van der Waals surface area contributed by atoms with Crippen LogP contribution in [-0.2, 0) is 16.6 Å². The van der Waals surface area contributed by atoms with Crippen LogP contribution in [0.3, 0.4) is 0 Å². The molecular formula is C12H23N5O2S. The van der Waals surface area contributed by atoms with Crippen LogP contribution in [0.1, 0.15) is 13.3 Å². The van der Waals surface area contributed by atoms with Crippen LogP contribution in [0.5, 0.6) is 0 Å². The Labute approximate surface area is 120 Å². The van der Waals surface area contributed by atoms with E-state index in [1.165, 1.54) is 16.9 Å². The molecule has 0 unspecified atom stereocenters. The van der Waals surface area contributed by atoms with E-state index in [4.69, 9.17) is 0 Å². The van der Waals surface area contributed by atoms with Crippen molar-refractivity contribution in [1.29, 1.82) is 0 Å². The van der Waals surface area contributed by atoms with E-state index < -0.39 is 10.0 Å². The van der Waals surface area contributed by atoms with E-state index in [9.17, 15) is 8.42 Å². The van der Waals surface area contributed by atoms with Crippen LogP contribution in [-0.4, -0.2) is 62.4 Å². The maximum Gasteiger partial charge on any atom is 0.257 e. The Hall–Kier alpha value is -0.960. The highest BCUT2D eigenvalue weighted by atomic mass is 32.2. The topological polar surface area (TPSA) is 79.3 Å². The molecule has 1 saturated heterocycles. The van der Waals surface area contributed by atoms with E-state index in [0.29, 0.717) is 13.1 Å². The highest BCUT2D eigenvalue weighted by molar-refractivity contribution is 7.89. The molecule has 2 rings (SSSR count). The molecular weight excluding hydrogens is 278 g/mol. The number of nitrogens with zero attached hydrogens (tertiary/aromatic N) is 3. The van der Waals surface area contributed by atoms with Gasteiger partial charge in [-0.05, 0) is 26.0 Å². The molecule has 2 heterocycles. The summed E-state index contributed by atoms with van der Waals surface area (Å²) in [6.07, 6.45) is 2.33. The van der Waals surface area contributed by atoms with Crippen molar-refractivity contribution in [3.63, 3.8) is 0 Å². The van der Waals surface area contributed by atoms with Gasteiger partial charge in [-0.1, -0.05) is 0 Å². The van der Waals surface area contributed by atoms with Crippen molar-refractivity contribution in [3.8, 4) is 0 Å². The number of rotatable bonds is 7. The Balaban J connectivity index is 1.78. The van der Waals surface area contributed by atoms with Crippen LogP contribution in [0.4, 0.5) is 0 Å². The first kappa shape index (κ1) is 15.4. The maximum atomic E-state index is 12.1. The molecule has 1 fully saturated rings. The van der Waals surface area contributed by atoms with Gasteiger partial charge in [0.2, 0.25) is 0 Å². The molecule has 0 amide bonds. The fraction of sp³-hybridized carbons (Fsp3) is 0.750. The summed E-state index contributed by atoms with van der Waals surface area (Å²) < 4.78 is 28.4. The Kier molecular flexibility index (Phi) is 5.53.